The van der Waals surface area contributed by atoms with Crippen LogP contribution in [0.1, 0.15) is 31.7 Å². The monoisotopic (exact) mass is 429 g/mol. The molecule has 1 heterocycles. The van der Waals surface area contributed by atoms with E-state index in [0.29, 0.717) is 43.3 Å². The molecular weight excluding hydrogens is 402 g/mol. The number of hydrogen-bond donors (Lipinski definition) is 1. The molecule has 156 valence electrons. The Hall–Kier alpha value is -1.80. The van der Waals surface area contributed by atoms with E-state index in [9.17, 15) is 18.0 Å². The maximum atomic E-state index is 12.4. The summed E-state index contributed by atoms with van der Waals surface area (Å²) in [6.07, 6.45) is 2.36. The first-order valence-electron chi connectivity index (χ1n) is 9.52. The standard InChI is InChI=1S/C19H28ClN3O4S/c1-3-4-5-12-28(26,27)14-18(24)22-8-10-23(11-9-22)19(25)21-16-7-6-15(2)17(20)13-16/h6-7,13H,3-5,8-12,14H2,1-2H3,(H,21,25). The first kappa shape index (κ1) is 22.5. The third-order valence-electron chi connectivity index (χ3n) is 4.74. The van der Waals surface area contributed by atoms with Gasteiger partial charge < -0.3 is 15.1 Å². The van der Waals surface area contributed by atoms with E-state index in [1.165, 1.54) is 4.90 Å². The van der Waals surface area contributed by atoms with Crippen molar-refractivity contribution in [1.29, 1.82) is 0 Å². The summed E-state index contributed by atoms with van der Waals surface area (Å²) in [5.41, 5.74) is 1.54. The molecule has 0 bridgehead atoms. The lowest BCUT2D eigenvalue weighted by atomic mass is 10.2. The zero-order valence-corrected chi connectivity index (χ0v) is 18.0. The minimum Gasteiger partial charge on any atom is -0.338 e. The fourth-order valence-corrected chi connectivity index (χ4v) is 4.48. The molecular formula is C19H28ClN3O4S. The van der Waals surface area contributed by atoms with Crippen LogP contribution in [-0.4, -0.2) is 67.8 Å². The molecule has 1 fully saturated rings. The lowest BCUT2D eigenvalue weighted by Crippen LogP contribution is -2.52. The van der Waals surface area contributed by atoms with E-state index in [1.807, 2.05) is 19.9 Å². The summed E-state index contributed by atoms with van der Waals surface area (Å²) in [5, 5.41) is 3.37. The van der Waals surface area contributed by atoms with Crippen LogP contribution in [0.25, 0.3) is 0 Å². The van der Waals surface area contributed by atoms with Crippen LogP contribution in [0.3, 0.4) is 0 Å². The van der Waals surface area contributed by atoms with Gasteiger partial charge in [0, 0.05) is 36.9 Å². The lowest BCUT2D eigenvalue weighted by molar-refractivity contribution is -0.129. The highest BCUT2D eigenvalue weighted by Gasteiger charge is 2.27. The summed E-state index contributed by atoms with van der Waals surface area (Å²) in [7, 11) is -3.38. The van der Waals surface area contributed by atoms with E-state index >= 15 is 0 Å². The van der Waals surface area contributed by atoms with Gasteiger partial charge >= 0.3 is 6.03 Å². The van der Waals surface area contributed by atoms with Gasteiger partial charge in [0.25, 0.3) is 0 Å². The van der Waals surface area contributed by atoms with Gasteiger partial charge in [0.05, 0.1) is 5.75 Å². The van der Waals surface area contributed by atoms with Crippen molar-refractivity contribution in [1.82, 2.24) is 9.80 Å². The van der Waals surface area contributed by atoms with Crippen molar-refractivity contribution in [2.75, 3.05) is 43.0 Å². The van der Waals surface area contributed by atoms with Gasteiger partial charge in [-0.15, -0.1) is 0 Å². The minimum atomic E-state index is -3.38. The molecule has 7 nitrogen and oxygen atoms in total. The molecule has 3 amide bonds. The summed E-state index contributed by atoms with van der Waals surface area (Å²) in [6.45, 7) is 5.24. The zero-order valence-electron chi connectivity index (χ0n) is 16.4. The first-order valence-corrected chi connectivity index (χ1v) is 11.7. The molecule has 2 rings (SSSR count). The predicted molar refractivity (Wildman–Crippen MR) is 112 cm³/mol. The van der Waals surface area contributed by atoms with E-state index in [-0.39, 0.29) is 17.7 Å². The number of carbonyl (C=O) groups excluding carboxylic acids is 2. The summed E-state index contributed by atoms with van der Waals surface area (Å²) in [4.78, 5) is 27.8. The number of urea groups is 1. The number of rotatable bonds is 7. The van der Waals surface area contributed by atoms with E-state index in [1.54, 1.807) is 17.0 Å². The van der Waals surface area contributed by atoms with Crippen LogP contribution in [0.15, 0.2) is 18.2 Å². The highest BCUT2D eigenvalue weighted by molar-refractivity contribution is 7.92. The Balaban J connectivity index is 1.82. The van der Waals surface area contributed by atoms with Crippen LogP contribution < -0.4 is 5.32 Å². The van der Waals surface area contributed by atoms with Crippen LogP contribution >= 0.6 is 11.6 Å². The number of hydrogen-bond acceptors (Lipinski definition) is 4. The number of halogens is 1. The molecule has 28 heavy (non-hydrogen) atoms. The van der Waals surface area contributed by atoms with Gasteiger partial charge in [0.1, 0.15) is 5.75 Å². The molecule has 0 aliphatic carbocycles. The number of nitrogens with one attached hydrogen (secondary N) is 1. The Morgan fingerprint density at radius 1 is 1.11 bits per heavy atom. The second-order valence-corrected chi connectivity index (χ2v) is 9.65. The molecule has 0 aromatic heterocycles. The van der Waals surface area contributed by atoms with Crippen molar-refractivity contribution in [3.63, 3.8) is 0 Å². The van der Waals surface area contributed by atoms with Crippen LogP contribution in [0.4, 0.5) is 10.5 Å². The predicted octanol–water partition coefficient (Wildman–Crippen LogP) is 2.93. The molecule has 0 spiro atoms. The number of nitrogens with zero attached hydrogens (tertiary/aromatic N) is 2. The highest BCUT2D eigenvalue weighted by atomic mass is 35.5. The molecule has 1 N–H and O–H groups in total. The average molecular weight is 430 g/mol. The summed E-state index contributed by atoms with van der Waals surface area (Å²) >= 11 is 6.07. The van der Waals surface area contributed by atoms with Gasteiger partial charge in [0.15, 0.2) is 9.84 Å². The van der Waals surface area contributed by atoms with Crippen molar-refractivity contribution in [2.45, 2.75) is 33.1 Å². The third-order valence-corrected chi connectivity index (χ3v) is 6.75. The number of anilines is 1. The number of aryl methyl sites for hydroxylation is 1. The molecule has 0 radical (unpaired) electrons. The minimum absolute atomic E-state index is 0.0497. The SMILES string of the molecule is CCCCCS(=O)(=O)CC(=O)N1CCN(C(=O)Nc2ccc(C)c(Cl)c2)CC1. The van der Waals surface area contributed by atoms with Crippen LogP contribution in [0.2, 0.25) is 5.02 Å². The van der Waals surface area contributed by atoms with E-state index < -0.39 is 15.6 Å². The smallest absolute Gasteiger partial charge is 0.321 e. The Kier molecular flexibility index (Phi) is 8.12. The Labute approximate surface area is 171 Å². The van der Waals surface area contributed by atoms with Crippen molar-refractivity contribution in [3.05, 3.63) is 28.8 Å². The van der Waals surface area contributed by atoms with Crippen molar-refractivity contribution < 1.29 is 18.0 Å². The van der Waals surface area contributed by atoms with Crippen molar-refractivity contribution in [2.24, 2.45) is 0 Å². The van der Waals surface area contributed by atoms with Gasteiger partial charge in [-0.1, -0.05) is 37.4 Å². The summed E-state index contributed by atoms with van der Waals surface area (Å²) in [5.74, 6) is -0.791. The largest absolute Gasteiger partial charge is 0.338 e. The quantitative estimate of drug-likeness (QED) is 0.675. The van der Waals surface area contributed by atoms with Gasteiger partial charge in [-0.05, 0) is 31.0 Å². The maximum Gasteiger partial charge on any atom is 0.321 e. The molecule has 1 aromatic carbocycles. The number of benzene rings is 1. The molecule has 9 heteroatoms. The van der Waals surface area contributed by atoms with Crippen LogP contribution in [-0.2, 0) is 14.6 Å². The lowest BCUT2D eigenvalue weighted by Gasteiger charge is -2.34. The number of piperazine rings is 1. The summed E-state index contributed by atoms with van der Waals surface area (Å²) in [6, 6.07) is 5.04. The van der Waals surface area contributed by atoms with Crippen LogP contribution in [0.5, 0.6) is 0 Å². The summed E-state index contributed by atoms with van der Waals surface area (Å²) < 4.78 is 24.1. The van der Waals surface area contributed by atoms with Crippen molar-refractivity contribution >= 4 is 39.1 Å². The molecule has 1 aromatic rings. The molecule has 0 saturated carbocycles. The number of amides is 3. The van der Waals surface area contributed by atoms with E-state index in [4.69, 9.17) is 11.6 Å². The molecule has 1 aliphatic rings. The Morgan fingerprint density at radius 2 is 1.75 bits per heavy atom. The molecule has 0 unspecified atom stereocenters. The maximum absolute atomic E-state index is 12.4. The highest BCUT2D eigenvalue weighted by Crippen LogP contribution is 2.20. The molecule has 0 atom stereocenters. The van der Waals surface area contributed by atoms with Gasteiger partial charge in [-0.3, -0.25) is 4.79 Å². The fourth-order valence-electron chi connectivity index (χ4n) is 2.96. The zero-order chi connectivity index (χ0) is 20.7. The number of sulfone groups is 1. The number of unbranched alkanes of at least 4 members (excludes halogenated alkanes) is 2. The van der Waals surface area contributed by atoms with Gasteiger partial charge in [-0.2, -0.15) is 0 Å². The second-order valence-electron chi connectivity index (χ2n) is 7.06. The average Bonchev–Trinajstić information content (AvgIpc) is 2.64. The van der Waals surface area contributed by atoms with Gasteiger partial charge in [-0.25, -0.2) is 13.2 Å². The fraction of sp³-hybridized carbons (Fsp3) is 0.579. The third kappa shape index (κ3) is 6.67. The molecule has 1 aliphatic heterocycles. The second kappa shape index (κ2) is 10.1. The van der Waals surface area contributed by atoms with Gasteiger partial charge in [0.2, 0.25) is 5.91 Å². The first-order chi connectivity index (χ1) is 13.2. The number of carbonyl (C=O) groups is 2. The topological polar surface area (TPSA) is 86.8 Å². The Bertz CT molecular complexity index is 805. The Morgan fingerprint density at radius 3 is 2.36 bits per heavy atom. The van der Waals surface area contributed by atoms with Crippen LogP contribution in [0, 0.1) is 6.92 Å². The van der Waals surface area contributed by atoms with Crippen molar-refractivity contribution in [3.8, 4) is 0 Å². The molecule has 1 saturated heterocycles. The normalized spacial score (nSPS) is 14.8. The van der Waals surface area contributed by atoms with E-state index in [0.717, 1.165) is 18.4 Å². The van der Waals surface area contributed by atoms with E-state index in [2.05, 4.69) is 5.32 Å².